The molecular weight excluding hydrogens is 369 g/mol. The van der Waals surface area contributed by atoms with Crippen LogP contribution in [0.1, 0.15) is 48.5 Å². The number of alkyl halides is 3. The minimum absolute atomic E-state index is 0.157. The maximum absolute atomic E-state index is 12.9. The summed E-state index contributed by atoms with van der Waals surface area (Å²) in [6.45, 7) is 2.46. The van der Waals surface area contributed by atoms with Gasteiger partial charge >= 0.3 is 6.18 Å². The summed E-state index contributed by atoms with van der Waals surface area (Å²) in [5, 5.41) is 14.8. The molecule has 6 nitrogen and oxygen atoms in total. The van der Waals surface area contributed by atoms with Crippen LogP contribution < -0.4 is 10.6 Å². The number of aliphatic imine (C=N–C) groups is 1. The third-order valence-corrected chi connectivity index (χ3v) is 4.97. The Balaban J connectivity index is 1.71. The van der Waals surface area contributed by atoms with Gasteiger partial charge in [-0.05, 0) is 37.5 Å². The van der Waals surface area contributed by atoms with E-state index < -0.39 is 11.7 Å². The highest BCUT2D eigenvalue weighted by molar-refractivity contribution is 5.80. The first-order chi connectivity index (χ1) is 13.3. The van der Waals surface area contributed by atoms with Crippen molar-refractivity contribution in [2.75, 3.05) is 0 Å². The molecule has 1 fully saturated rings. The van der Waals surface area contributed by atoms with E-state index in [1.807, 2.05) is 18.5 Å². The molecule has 0 saturated heterocycles. The van der Waals surface area contributed by atoms with Crippen molar-refractivity contribution in [2.24, 2.45) is 12.0 Å². The topological polar surface area (TPSA) is 67.1 Å². The van der Waals surface area contributed by atoms with E-state index in [1.54, 1.807) is 6.07 Å². The lowest BCUT2D eigenvalue weighted by molar-refractivity contribution is -0.137. The Labute approximate surface area is 162 Å². The molecule has 0 amide bonds. The molecule has 152 valence electrons. The molecule has 1 aromatic carbocycles. The fraction of sp³-hybridized carbons (Fsp3) is 0.526. The lowest BCUT2D eigenvalue weighted by Gasteiger charge is -2.17. The lowest BCUT2D eigenvalue weighted by atomic mass is 10.1. The van der Waals surface area contributed by atoms with Gasteiger partial charge < -0.3 is 15.2 Å². The van der Waals surface area contributed by atoms with Gasteiger partial charge in [-0.25, -0.2) is 4.99 Å². The van der Waals surface area contributed by atoms with Crippen molar-refractivity contribution in [3.8, 4) is 0 Å². The number of aryl methyl sites for hydroxylation is 1. The SMILES string of the molecule is Cc1nnc(CNC(=NCc2cccc(C(F)(F)F)c2)NC2CCCC2)n1C. The van der Waals surface area contributed by atoms with Crippen LogP contribution >= 0.6 is 0 Å². The fourth-order valence-corrected chi connectivity index (χ4v) is 3.20. The molecule has 1 heterocycles. The molecule has 3 rings (SSSR count). The number of aromatic nitrogens is 3. The summed E-state index contributed by atoms with van der Waals surface area (Å²) in [5.74, 6) is 2.14. The Morgan fingerprint density at radius 2 is 2.00 bits per heavy atom. The third-order valence-electron chi connectivity index (χ3n) is 4.97. The molecule has 2 aromatic rings. The largest absolute Gasteiger partial charge is 0.416 e. The van der Waals surface area contributed by atoms with E-state index in [4.69, 9.17) is 0 Å². The first-order valence-corrected chi connectivity index (χ1v) is 9.39. The van der Waals surface area contributed by atoms with Crippen LogP contribution in [0.15, 0.2) is 29.3 Å². The second-order valence-electron chi connectivity index (χ2n) is 7.06. The number of benzene rings is 1. The highest BCUT2D eigenvalue weighted by Crippen LogP contribution is 2.29. The summed E-state index contributed by atoms with van der Waals surface area (Å²) in [5.41, 5.74) is -0.148. The van der Waals surface area contributed by atoms with Gasteiger partial charge in [-0.3, -0.25) is 0 Å². The zero-order valence-electron chi connectivity index (χ0n) is 16.1. The Kier molecular flexibility index (Phi) is 6.21. The monoisotopic (exact) mass is 394 g/mol. The maximum atomic E-state index is 12.9. The zero-order valence-corrected chi connectivity index (χ0v) is 16.1. The minimum Gasteiger partial charge on any atom is -0.354 e. The summed E-state index contributed by atoms with van der Waals surface area (Å²) in [6, 6.07) is 5.60. The summed E-state index contributed by atoms with van der Waals surface area (Å²) in [6.07, 6.45) is 0.106. The Morgan fingerprint density at radius 3 is 2.64 bits per heavy atom. The van der Waals surface area contributed by atoms with Crippen molar-refractivity contribution in [1.82, 2.24) is 25.4 Å². The Bertz CT molecular complexity index is 821. The zero-order chi connectivity index (χ0) is 20.1. The number of guanidine groups is 1. The molecule has 1 aliphatic rings. The molecule has 0 radical (unpaired) electrons. The molecule has 0 spiro atoms. The highest BCUT2D eigenvalue weighted by Gasteiger charge is 2.30. The standard InChI is InChI=1S/C19H25F3N6/c1-13-26-27-17(28(13)2)12-24-18(25-16-8-3-4-9-16)23-11-14-6-5-7-15(10-14)19(20,21)22/h5-7,10,16H,3-4,8-9,11-12H2,1-2H3,(H2,23,24,25). The number of rotatable bonds is 5. The average molecular weight is 394 g/mol. The van der Waals surface area contributed by atoms with Crippen LogP contribution in [0.2, 0.25) is 0 Å². The number of hydrogen-bond donors (Lipinski definition) is 2. The summed E-state index contributed by atoms with van der Waals surface area (Å²) < 4.78 is 40.6. The molecule has 28 heavy (non-hydrogen) atoms. The van der Waals surface area contributed by atoms with Crippen molar-refractivity contribution in [1.29, 1.82) is 0 Å². The first-order valence-electron chi connectivity index (χ1n) is 9.39. The Morgan fingerprint density at radius 1 is 1.25 bits per heavy atom. The average Bonchev–Trinajstić information content (AvgIpc) is 3.28. The van der Waals surface area contributed by atoms with Crippen molar-refractivity contribution < 1.29 is 13.2 Å². The van der Waals surface area contributed by atoms with E-state index in [1.165, 1.54) is 18.9 Å². The van der Waals surface area contributed by atoms with Gasteiger partial charge in [-0.2, -0.15) is 13.2 Å². The molecule has 9 heteroatoms. The quantitative estimate of drug-likeness (QED) is 0.603. The van der Waals surface area contributed by atoms with Crippen molar-refractivity contribution in [2.45, 2.75) is 57.9 Å². The lowest BCUT2D eigenvalue weighted by Crippen LogP contribution is -2.42. The summed E-state index contributed by atoms with van der Waals surface area (Å²) >= 11 is 0. The number of nitrogens with zero attached hydrogens (tertiary/aromatic N) is 4. The maximum Gasteiger partial charge on any atom is 0.416 e. The van der Waals surface area contributed by atoms with Gasteiger partial charge in [0, 0.05) is 13.1 Å². The van der Waals surface area contributed by atoms with Crippen molar-refractivity contribution in [3.63, 3.8) is 0 Å². The van der Waals surface area contributed by atoms with Gasteiger partial charge in [0.15, 0.2) is 11.8 Å². The van der Waals surface area contributed by atoms with E-state index >= 15 is 0 Å². The van der Waals surface area contributed by atoms with E-state index in [0.29, 0.717) is 24.1 Å². The van der Waals surface area contributed by atoms with Gasteiger partial charge in [0.1, 0.15) is 5.82 Å². The van der Waals surface area contributed by atoms with Gasteiger partial charge in [0.05, 0.1) is 18.7 Å². The van der Waals surface area contributed by atoms with Gasteiger partial charge in [0.25, 0.3) is 0 Å². The van der Waals surface area contributed by atoms with E-state index in [9.17, 15) is 13.2 Å². The molecular formula is C19H25F3N6. The summed E-state index contributed by atoms with van der Waals surface area (Å²) in [4.78, 5) is 4.50. The molecule has 0 unspecified atom stereocenters. The predicted octanol–water partition coefficient (Wildman–Crippen LogP) is 3.32. The molecule has 2 N–H and O–H groups in total. The van der Waals surface area contributed by atoms with Crippen LogP contribution in [0.5, 0.6) is 0 Å². The number of hydrogen-bond acceptors (Lipinski definition) is 3. The highest BCUT2D eigenvalue weighted by atomic mass is 19.4. The molecule has 0 aliphatic heterocycles. The van der Waals surface area contributed by atoms with Crippen molar-refractivity contribution >= 4 is 5.96 Å². The molecule has 1 aliphatic carbocycles. The van der Waals surface area contributed by atoms with Crippen LogP contribution in [0, 0.1) is 6.92 Å². The molecule has 1 saturated carbocycles. The van der Waals surface area contributed by atoms with Crippen molar-refractivity contribution in [3.05, 3.63) is 47.0 Å². The molecule has 0 atom stereocenters. The second kappa shape index (κ2) is 8.62. The van der Waals surface area contributed by atoms with E-state index in [-0.39, 0.29) is 6.54 Å². The second-order valence-corrected chi connectivity index (χ2v) is 7.06. The fourth-order valence-electron chi connectivity index (χ4n) is 3.20. The normalized spacial score (nSPS) is 15.8. The van der Waals surface area contributed by atoms with Crippen LogP contribution in [-0.2, 0) is 26.3 Å². The van der Waals surface area contributed by atoms with Crippen LogP contribution in [0.4, 0.5) is 13.2 Å². The first kappa shape index (κ1) is 20.2. The van der Waals surface area contributed by atoms with Gasteiger partial charge in [0.2, 0.25) is 0 Å². The number of halogens is 3. The van der Waals surface area contributed by atoms with Gasteiger partial charge in [-0.15, -0.1) is 10.2 Å². The summed E-state index contributed by atoms with van der Waals surface area (Å²) in [7, 11) is 1.89. The molecule has 0 bridgehead atoms. The van der Waals surface area contributed by atoms with Gasteiger partial charge in [-0.1, -0.05) is 25.0 Å². The third kappa shape index (κ3) is 5.24. The minimum atomic E-state index is -4.36. The van der Waals surface area contributed by atoms with E-state index in [0.717, 1.165) is 36.6 Å². The van der Waals surface area contributed by atoms with Crippen LogP contribution in [-0.4, -0.2) is 26.8 Å². The smallest absolute Gasteiger partial charge is 0.354 e. The van der Waals surface area contributed by atoms with E-state index in [2.05, 4.69) is 25.8 Å². The van der Waals surface area contributed by atoms with Crippen LogP contribution in [0.25, 0.3) is 0 Å². The number of nitrogens with one attached hydrogen (secondary N) is 2. The van der Waals surface area contributed by atoms with Crippen LogP contribution in [0.3, 0.4) is 0 Å². The predicted molar refractivity (Wildman–Crippen MR) is 101 cm³/mol. The Hall–Kier alpha value is -2.58. The molecule has 1 aromatic heterocycles.